The Morgan fingerprint density at radius 2 is 0.562 bits per heavy atom. The Labute approximate surface area is 399 Å². The molecule has 0 N–H and O–H groups in total. The largest absolute Gasteiger partial charge is 0.378 e. The van der Waals surface area contributed by atoms with Gasteiger partial charge in [-0.15, -0.1) is 24.8 Å². The average Bonchev–Trinajstić information content (AvgIpc) is 3.30. The van der Waals surface area contributed by atoms with Crippen molar-refractivity contribution < 1.29 is 9.15 Å². The third-order valence-electron chi connectivity index (χ3n) is 11.9. The van der Waals surface area contributed by atoms with Crippen LogP contribution in [0.15, 0.2) is 157 Å². The van der Waals surface area contributed by atoms with Gasteiger partial charge >= 0.3 is 0 Å². The number of rotatable bonds is 14. The molecule has 6 nitrogen and oxygen atoms in total. The quantitative estimate of drug-likeness (QED) is 0.117. The van der Waals surface area contributed by atoms with Gasteiger partial charge in [0.15, 0.2) is 11.4 Å². The van der Waals surface area contributed by atoms with E-state index in [1.165, 1.54) is 78.7 Å². The first kappa shape index (κ1) is 52.8. The van der Waals surface area contributed by atoms with Crippen molar-refractivity contribution in [3.05, 3.63) is 179 Å². The maximum absolute atomic E-state index is 2.38. The van der Waals surface area contributed by atoms with Gasteiger partial charge in [0.1, 0.15) is 28.2 Å². The number of hydrogen-bond acceptors (Lipinski definition) is 4. The van der Waals surface area contributed by atoms with Crippen LogP contribution in [0.5, 0.6) is 0 Å². The summed E-state index contributed by atoms with van der Waals surface area (Å²) in [5.41, 5.74) is 17.4. The van der Waals surface area contributed by atoms with Crippen molar-refractivity contribution in [3.8, 4) is 0 Å². The standard InChI is InChI=1S/C29H38N3.C27H34N3.2ClH/c1-7-31(8-2)27-19-13-24(14-20-27)29(23-11-17-26(18-12-23)30(5)6)25-15-21-28(22-16-25)32(9-3)10-4;1-7-30(8-2)26-19-13-23(14-20-26)27(21-9-15-24(16-10-21)28(3)4)22-11-17-25(18-12-22)29(5)6;;/h11-22H,7-10H2,1-6H3;9-20H,7-8H2,1-6H3;2*1H/q2*+1;;. The fourth-order valence-corrected chi connectivity index (χ4v) is 8.06. The molecule has 0 radical (unpaired) electrons. The summed E-state index contributed by atoms with van der Waals surface area (Å²) in [6.07, 6.45) is 17.7. The molecule has 0 unspecified atom stereocenters. The molecule has 0 atom stereocenters. The predicted octanol–water partition coefficient (Wildman–Crippen LogP) is 12.1. The monoisotopic (exact) mass is 901 g/mol. The maximum Gasteiger partial charge on any atom is 0.199 e. The Kier molecular flexibility index (Phi) is 21.2. The van der Waals surface area contributed by atoms with Crippen molar-refractivity contribution in [3.63, 3.8) is 0 Å². The van der Waals surface area contributed by atoms with Gasteiger partial charge in [-0.2, -0.15) is 0 Å². The molecule has 0 aromatic heterocycles. The van der Waals surface area contributed by atoms with E-state index in [2.05, 4.69) is 258 Å². The summed E-state index contributed by atoms with van der Waals surface area (Å²) in [6, 6.07) is 35.9. The molecular weight excluding hydrogens is 828 g/mol. The van der Waals surface area contributed by atoms with E-state index in [4.69, 9.17) is 0 Å². The molecule has 8 heteroatoms. The average molecular weight is 902 g/mol. The first-order valence-corrected chi connectivity index (χ1v) is 22.6. The molecule has 4 aromatic rings. The molecule has 0 saturated carbocycles. The normalized spacial score (nSPS) is 12.4. The second kappa shape index (κ2) is 25.7. The van der Waals surface area contributed by atoms with Gasteiger partial charge in [-0.25, -0.2) is 9.15 Å². The first-order valence-electron chi connectivity index (χ1n) is 22.6. The van der Waals surface area contributed by atoms with E-state index in [0.29, 0.717) is 0 Å². The van der Waals surface area contributed by atoms with Gasteiger partial charge in [0.25, 0.3) is 0 Å². The second-order valence-corrected chi connectivity index (χ2v) is 16.2. The SMILES string of the molecule is CCN(CC)c1ccc(C(=C2C=CC(=[N+](C)C)C=C2)c2ccc(N(C)C)cc2)cc1.CCN(CC)c1ccc(C(=C2C=CC(=[N+](C)C)C=C2)c2ccc(N(CC)CC)cc2)cc1.Cl.Cl. The predicted molar refractivity (Wildman–Crippen MR) is 288 cm³/mol. The van der Waals surface area contributed by atoms with E-state index in [9.17, 15) is 0 Å². The van der Waals surface area contributed by atoms with Crippen LogP contribution in [-0.2, 0) is 0 Å². The Balaban J connectivity index is 0.000000331. The zero-order valence-corrected chi connectivity index (χ0v) is 42.2. The van der Waals surface area contributed by atoms with Crippen LogP contribution in [0.25, 0.3) is 11.1 Å². The third-order valence-corrected chi connectivity index (χ3v) is 11.9. The smallest absolute Gasteiger partial charge is 0.199 e. The highest BCUT2D eigenvalue weighted by Crippen LogP contribution is 2.34. The summed E-state index contributed by atoms with van der Waals surface area (Å²) < 4.78 is 4.27. The molecule has 6 rings (SSSR count). The molecule has 2 aliphatic carbocycles. The summed E-state index contributed by atoms with van der Waals surface area (Å²) >= 11 is 0. The lowest BCUT2D eigenvalue weighted by atomic mass is 9.90. The molecule has 0 spiro atoms. The molecule has 0 fully saturated rings. The van der Waals surface area contributed by atoms with Crippen LogP contribution in [0.4, 0.5) is 22.7 Å². The van der Waals surface area contributed by atoms with Crippen molar-refractivity contribution in [2.24, 2.45) is 0 Å². The lowest BCUT2D eigenvalue weighted by Crippen LogP contribution is -2.21. The van der Waals surface area contributed by atoms with E-state index in [0.717, 1.165) is 39.3 Å². The van der Waals surface area contributed by atoms with E-state index >= 15 is 0 Å². The minimum Gasteiger partial charge on any atom is -0.378 e. The topological polar surface area (TPSA) is 19.0 Å². The minimum atomic E-state index is 0. The third kappa shape index (κ3) is 13.2. The Morgan fingerprint density at radius 3 is 0.750 bits per heavy atom. The lowest BCUT2D eigenvalue weighted by Gasteiger charge is -2.23. The maximum atomic E-state index is 2.38. The van der Waals surface area contributed by atoms with Gasteiger partial charge < -0.3 is 19.6 Å². The number of anilines is 4. The molecule has 64 heavy (non-hydrogen) atoms. The molecule has 340 valence electrons. The molecular formula is C56H74Cl2N6+2. The summed E-state index contributed by atoms with van der Waals surface area (Å²) in [5.74, 6) is 0. The molecule has 2 aliphatic rings. The number of halogens is 2. The fraction of sp³-hybridized carbons (Fsp3) is 0.321. The second-order valence-electron chi connectivity index (χ2n) is 16.2. The van der Waals surface area contributed by atoms with Crippen molar-refractivity contribution in [2.45, 2.75) is 41.5 Å². The van der Waals surface area contributed by atoms with Crippen molar-refractivity contribution in [2.75, 3.05) is 101 Å². The summed E-state index contributed by atoms with van der Waals surface area (Å²) in [7, 11) is 12.5. The van der Waals surface area contributed by atoms with E-state index < -0.39 is 0 Å². The summed E-state index contributed by atoms with van der Waals surface area (Å²) in [4.78, 5) is 9.28. The van der Waals surface area contributed by atoms with Crippen LogP contribution in [0.3, 0.4) is 0 Å². The number of hydrogen-bond donors (Lipinski definition) is 0. The van der Waals surface area contributed by atoms with E-state index in [-0.39, 0.29) is 24.8 Å². The highest BCUT2D eigenvalue weighted by molar-refractivity contribution is 6.04. The molecule has 0 amide bonds. The molecule has 0 aliphatic heterocycles. The lowest BCUT2D eigenvalue weighted by molar-refractivity contribution is -0.462. The van der Waals surface area contributed by atoms with Gasteiger partial charge in [-0.1, -0.05) is 48.5 Å². The Hall–Kier alpha value is -5.56. The van der Waals surface area contributed by atoms with Crippen LogP contribution >= 0.6 is 24.8 Å². The highest BCUT2D eigenvalue weighted by atomic mass is 35.5. The van der Waals surface area contributed by atoms with Gasteiger partial charge in [-0.3, -0.25) is 0 Å². The van der Waals surface area contributed by atoms with Crippen LogP contribution < -0.4 is 19.6 Å². The molecule has 0 bridgehead atoms. The zero-order valence-electron chi connectivity index (χ0n) is 40.6. The van der Waals surface area contributed by atoms with Gasteiger partial charge in [0, 0.05) is 100 Å². The van der Waals surface area contributed by atoms with Gasteiger partial charge in [-0.05, 0) is 159 Å². The minimum absolute atomic E-state index is 0. The van der Waals surface area contributed by atoms with Crippen LogP contribution in [0.1, 0.15) is 63.8 Å². The summed E-state index contributed by atoms with van der Waals surface area (Å²) in [6.45, 7) is 19.3. The van der Waals surface area contributed by atoms with Crippen LogP contribution in [0, 0.1) is 0 Å². The number of nitrogens with zero attached hydrogens (tertiary/aromatic N) is 6. The van der Waals surface area contributed by atoms with Gasteiger partial charge in [0.05, 0.1) is 0 Å². The number of allylic oxidation sites excluding steroid dienone is 10. The highest BCUT2D eigenvalue weighted by Gasteiger charge is 2.16. The fourth-order valence-electron chi connectivity index (χ4n) is 8.06. The van der Waals surface area contributed by atoms with Gasteiger partial charge in [0.2, 0.25) is 0 Å². The summed E-state index contributed by atoms with van der Waals surface area (Å²) in [5, 5.41) is 0. The molecule has 4 aromatic carbocycles. The molecule has 0 heterocycles. The Morgan fingerprint density at radius 1 is 0.344 bits per heavy atom. The molecule has 0 saturated heterocycles. The van der Waals surface area contributed by atoms with Crippen molar-refractivity contribution >= 4 is 70.1 Å². The van der Waals surface area contributed by atoms with Crippen molar-refractivity contribution in [1.29, 1.82) is 0 Å². The Bertz CT molecular complexity index is 2250. The zero-order chi connectivity index (χ0) is 44.8. The van der Waals surface area contributed by atoms with Crippen molar-refractivity contribution in [1.82, 2.24) is 0 Å². The van der Waals surface area contributed by atoms with E-state index in [1.807, 2.05) is 0 Å². The van der Waals surface area contributed by atoms with E-state index in [1.54, 1.807) is 0 Å². The first-order chi connectivity index (χ1) is 30.0. The number of benzene rings is 4. The van der Waals surface area contributed by atoms with Crippen LogP contribution in [-0.4, -0.2) is 102 Å². The van der Waals surface area contributed by atoms with Crippen LogP contribution in [0.2, 0.25) is 0 Å².